The zero-order valence-corrected chi connectivity index (χ0v) is 44.6. The predicted molar refractivity (Wildman–Crippen MR) is 288 cm³/mol. The molecule has 3 N–H and O–H groups in total. The Balaban J connectivity index is 1.25. The number of hydrogen-bond donors (Lipinski definition) is 3. The van der Waals surface area contributed by atoms with Gasteiger partial charge >= 0.3 is 12.2 Å². The monoisotopic (exact) mass is 1040 g/mol. The Bertz CT molecular complexity index is 2310. The molecule has 0 spiro atoms. The first-order valence-electron chi connectivity index (χ1n) is 27.9. The molecule has 2 amide bonds. The molecule has 0 aromatic heterocycles. The van der Waals surface area contributed by atoms with Crippen molar-refractivity contribution in [2.45, 2.75) is 154 Å². The summed E-state index contributed by atoms with van der Waals surface area (Å²) in [5.41, 5.74) is 4.14. The molecule has 2 aliphatic heterocycles. The van der Waals surface area contributed by atoms with Crippen LogP contribution in [-0.4, -0.2) is 97.8 Å². The van der Waals surface area contributed by atoms with Crippen molar-refractivity contribution in [1.82, 2.24) is 10.2 Å². The van der Waals surface area contributed by atoms with Crippen LogP contribution >= 0.6 is 0 Å². The summed E-state index contributed by atoms with van der Waals surface area (Å²) in [6.07, 6.45) is 19.3. The molecule has 15 heteroatoms. The first-order valence-corrected chi connectivity index (χ1v) is 27.9. The smallest absolute Gasteiger partial charge is 0.412 e. The van der Waals surface area contributed by atoms with Crippen LogP contribution in [0.15, 0.2) is 96.2 Å². The lowest BCUT2D eigenvalue weighted by molar-refractivity contribution is -0.256. The van der Waals surface area contributed by atoms with Crippen molar-refractivity contribution in [3.63, 3.8) is 0 Å². The van der Waals surface area contributed by atoms with Crippen LogP contribution in [0.25, 0.3) is 0 Å². The van der Waals surface area contributed by atoms with E-state index in [-0.39, 0.29) is 70.5 Å². The molecule has 6 atom stereocenters. The number of oxime groups is 1. The summed E-state index contributed by atoms with van der Waals surface area (Å²) in [5.74, 6) is -0.419. The lowest BCUT2D eigenvalue weighted by atomic mass is 9.55. The van der Waals surface area contributed by atoms with Gasteiger partial charge in [-0.2, -0.15) is 0 Å². The van der Waals surface area contributed by atoms with Gasteiger partial charge in [-0.1, -0.05) is 131 Å². The third kappa shape index (κ3) is 15.5. The maximum Gasteiger partial charge on any atom is 0.412 e. The standard InChI is InChI=1S/C60H83N3O12/c1-4-7-8-9-10-11-12-13-14-20-31-61-58(66)74-47-28-30-52-50(39-47)56-48(26-19-22-33-65)46(25-18-21-32-64)38-49-51(62-73-6-3)40-55(60(75-52,57(49)56)72-34-5-2)63(41-45-27-29-53-54(37-45)71-43-70-53)59(67)69-36-35-68-42-44-23-16-15-17-24-44/h5,15-17,23-24,27-30,37-39,46,48,55-57,64-65H,2,4,6-14,18-22,25-26,31-36,40-43H2,1,3H3,(H,61,66)/t46-,48+,55-,56+,57+,60+/m0/s1. The van der Waals surface area contributed by atoms with Crippen LogP contribution in [0, 0.1) is 17.8 Å². The summed E-state index contributed by atoms with van der Waals surface area (Å²) in [7, 11) is 0. The highest BCUT2D eigenvalue weighted by Gasteiger charge is 2.66. The van der Waals surface area contributed by atoms with Crippen LogP contribution in [0.2, 0.25) is 0 Å². The van der Waals surface area contributed by atoms with Crippen LogP contribution < -0.4 is 24.3 Å². The Morgan fingerprint density at radius 1 is 0.827 bits per heavy atom. The Labute approximate surface area is 444 Å². The number of aliphatic hydroxyl groups is 2. The molecule has 0 bridgehead atoms. The minimum atomic E-state index is -1.55. The second-order valence-electron chi connectivity index (χ2n) is 20.2. The fourth-order valence-electron chi connectivity index (χ4n) is 11.4. The lowest BCUT2D eigenvalue weighted by Crippen LogP contribution is -2.70. The SMILES string of the molecule is C=CCO[C@@]12Oc3ccc(OC(=O)NCCCCCCCCCCCC)cc3[C@H]3[C@H](CCCCO)[C@@H](CCCCO)C=C(C(=NOCC)C[C@@H]1N(Cc1ccc4c(c1)OCO4)C(=O)OCCOCc1ccccc1)[C@H]32. The summed E-state index contributed by atoms with van der Waals surface area (Å²) in [6, 6.07) is 20.1. The van der Waals surface area contributed by atoms with E-state index in [0.29, 0.717) is 61.3 Å². The molecule has 1 fully saturated rings. The number of nitrogens with one attached hydrogen (secondary N) is 1. The van der Waals surface area contributed by atoms with E-state index in [9.17, 15) is 15.0 Å². The molecular formula is C60H83N3O12. The van der Waals surface area contributed by atoms with Gasteiger partial charge in [-0.25, -0.2) is 9.59 Å². The highest BCUT2D eigenvalue weighted by atomic mass is 16.7. The summed E-state index contributed by atoms with van der Waals surface area (Å²) in [4.78, 5) is 36.1. The Kier molecular flexibility index (Phi) is 23.0. The minimum Gasteiger partial charge on any atom is -0.459 e. The number of unbranched alkanes of at least 4 members (excludes halogenated alkanes) is 11. The number of allylic oxidation sites excluding steroid dienone is 1. The van der Waals surface area contributed by atoms with E-state index < -0.39 is 29.9 Å². The Morgan fingerprint density at radius 3 is 2.31 bits per heavy atom. The van der Waals surface area contributed by atoms with Gasteiger partial charge in [-0.15, -0.1) is 6.58 Å². The van der Waals surface area contributed by atoms with Gasteiger partial charge in [0.2, 0.25) is 12.6 Å². The van der Waals surface area contributed by atoms with Gasteiger partial charge in [-0.05, 0) is 97.9 Å². The van der Waals surface area contributed by atoms with E-state index in [0.717, 1.165) is 67.2 Å². The van der Waals surface area contributed by atoms with E-state index in [1.165, 1.54) is 44.9 Å². The van der Waals surface area contributed by atoms with Gasteiger partial charge in [0, 0.05) is 44.2 Å². The molecule has 2 heterocycles. The molecule has 410 valence electrons. The Hall–Kier alpha value is -5.61. The van der Waals surface area contributed by atoms with Gasteiger partial charge in [0.25, 0.3) is 0 Å². The molecule has 3 aromatic rings. The van der Waals surface area contributed by atoms with Crippen LogP contribution in [0.3, 0.4) is 0 Å². The summed E-state index contributed by atoms with van der Waals surface area (Å²) in [6.45, 7) is 9.90. The number of aliphatic hydroxyl groups excluding tert-OH is 2. The highest BCUT2D eigenvalue weighted by Crippen LogP contribution is 2.62. The molecule has 15 nitrogen and oxygen atoms in total. The minimum absolute atomic E-state index is 0.0115. The number of rotatable bonds is 33. The van der Waals surface area contributed by atoms with Gasteiger partial charge in [0.05, 0.1) is 31.5 Å². The first-order chi connectivity index (χ1) is 36.8. The molecule has 0 radical (unpaired) electrons. The van der Waals surface area contributed by atoms with Crippen LogP contribution in [-0.2, 0) is 32.2 Å². The van der Waals surface area contributed by atoms with Gasteiger partial charge < -0.3 is 53.5 Å². The fraction of sp³-hybridized carbons (Fsp3) is 0.583. The van der Waals surface area contributed by atoms with E-state index in [1.54, 1.807) is 17.0 Å². The lowest BCUT2D eigenvalue weighted by Gasteiger charge is -2.59. The molecule has 0 unspecified atom stereocenters. The van der Waals surface area contributed by atoms with Crippen molar-refractivity contribution in [3.8, 4) is 23.0 Å². The molecule has 1 saturated carbocycles. The number of benzene rings is 3. The first kappa shape index (κ1) is 57.1. The van der Waals surface area contributed by atoms with Crippen molar-refractivity contribution in [1.29, 1.82) is 0 Å². The summed E-state index contributed by atoms with van der Waals surface area (Å²) < 4.78 is 44.2. The molecule has 2 aliphatic carbocycles. The number of hydrogen-bond acceptors (Lipinski definition) is 13. The van der Waals surface area contributed by atoms with Crippen molar-refractivity contribution in [2.24, 2.45) is 22.9 Å². The van der Waals surface area contributed by atoms with E-state index >= 15 is 4.79 Å². The van der Waals surface area contributed by atoms with Crippen LogP contribution in [0.5, 0.6) is 23.0 Å². The number of carbonyl (C=O) groups is 2. The normalized spacial score (nSPS) is 21.6. The van der Waals surface area contributed by atoms with Crippen LogP contribution in [0.4, 0.5) is 9.59 Å². The van der Waals surface area contributed by atoms with Gasteiger partial charge in [-0.3, -0.25) is 4.90 Å². The quantitative estimate of drug-likeness (QED) is 0.0299. The zero-order valence-electron chi connectivity index (χ0n) is 44.6. The highest BCUT2D eigenvalue weighted by molar-refractivity contribution is 6.03. The summed E-state index contributed by atoms with van der Waals surface area (Å²) >= 11 is 0. The molecule has 7 rings (SSSR count). The van der Waals surface area contributed by atoms with Gasteiger partial charge in [0.1, 0.15) is 30.8 Å². The Morgan fingerprint density at radius 2 is 1.56 bits per heavy atom. The molecule has 0 saturated heterocycles. The van der Waals surface area contributed by atoms with Crippen molar-refractivity contribution in [3.05, 3.63) is 108 Å². The molecule has 75 heavy (non-hydrogen) atoms. The number of nitrogens with zero attached hydrogens (tertiary/aromatic N) is 2. The summed E-state index contributed by atoms with van der Waals surface area (Å²) in [5, 5.41) is 27.9. The van der Waals surface area contributed by atoms with Crippen molar-refractivity contribution in [2.75, 3.05) is 53.0 Å². The van der Waals surface area contributed by atoms with Crippen molar-refractivity contribution >= 4 is 17.9 Å². The van der Waals surface area contributed by atoms with E-state index in [4.69, 9.17) is 43.2 Å². The number of amides is 2. The largest absolute Gasteiger partial charge is 0.459 e. The zero-order chi connectivity index (χ0) is 52.7. The van der Waals surface area contributed by atoms with Gasteiger partial charge in [0.15, 0.2) is 11.5 Å². The second kappa shape index (κ2) is 30.2. The molecule has 3 aromatic carbocycles. The fourth-order valence-corrected chi connectivity index (χ4v) is 11.4. The predicted octanol–water partition coefficient (Wildman–Crippen LogP) is 11.9. The maximum absolute atomic E-state index is 15.1. The third-order valence-electron chi connectivity index (χ3n) is 14.9. The maximum atomic E-state index is 15.1. The topological polar surface area (TPSA) is 176 Å². The average molecular weight is 1040 g/mol. The van der Waals surface area contributed by atoms with E-state index in [1.807, 2.05) is 67.6 Å². The number of fused-ring (bicyclic) bond motifs is 3. The number of carbonyl (C=O) groups excluding carboxylic acids is 2. The molecular weight excluding hydrogens is 955 g/mol. The second-order valence-corrected chi connectivity index (χ2v) is 20.2. The van der Waals surface area contributed by atoms with Crippen LogP contribution in [0.1, 0.15) is 146 Å². The number of ether oxygens (including phenoxy) is 7. The molecule has 4 aliphatic rings. The van der Waals surface area contributed by atoms with E-state index in [2.05, 4.69) is 24.9 Å². The third-order valence-corrected chi connectivity index (χ3v) is 14.9. The van der Waals surface area contributed by atoms with Crippen molar-refractivity contribution < 1.29 is 57.8 Å². The average Bonchev–Trinajstić information content (AvgIpc) is 3.93.